The first-order valence-electron chi connectivity index (χ1n) is 10.1. The Hall–Kier alpha value is -0.340. The van der Waals surface area contributed by atoms with Crippen LogP contribution >= 0.6 is 0 Å². The zero-order valence-corrected chi connectivity index (χ0v) is 13.2. The number of allylic oxidation sites excluding steroid dienone is 1. The van der Waals surface area contributed by atoms with E-state index in [4.69, 9.17) is 4.11 Å². The van der Waals surface area contributed by atoms with Gasteiger partial charge in [-0.2, -0.15) is 0 Å². The fraction of sp³-hybridized carbons (Fsp3) is 0.895. The number of aliphatic hydroxyl groups is 2. The topological polar surface area (TPSA) is 40.5 Å². The molecule has 2 N–H and O–H groups in total. The smallest absolute Gasteiger partial charge is 0.0724 e. The molecule has 0 aliphatic heterocycles. The molecular weight excluding hydrogens is 260 g/mol. The third-order valence-electron chi connectivity index (χ3n) is 7.51. The van der Waals surface area contributed by atoms with E-state index in [-0.39, 0.29) is 17.4 Å². The van der Waals surface area contributed by atoms with Crippen LogP contribution in [0.2, 0.25) is 0 Å². The molecule has 0 heterocycles. The van der Waals surface area contributed by atoms with Gasteiger partial charge in [-0.05, 0) is 79.9 Å². The van der Waals surface area contributed by atoms with Crippen LogP contribution in [-0.2, 0) is 0 Å². The largest absolute Gasteiger partial charge is 0.393 e. The lowest BCUT2D eigenvalue weighted by atomic mass is 9.47. The van der Waals surface area contributed by atoms with Gasteiger partial charge in [-0.15, -0.1) is 0 Å². The van der Waals surface area contributed by atoms with Gasteiger partial charge in [0.2, 0.25) is 0 Å². The van der Waals surface area contributed by atoms with Crippen molar-refractivity contribution in [3.63, 3.8) is 0 Å². The molecule has 0 amide bonds. The average Bonchev–Trinajstić information content (AvgIpc) is 2.64. The molecule has 7 atom stereocenters. The Bertz CT molecular complexity index is 587. The van der Waals surface area contributed by atoms with Gasteiger partial charge < -0.3 is 10.2 Å². The van der Waals surface area contributed by atoms with Crippen molar-refractivity contribution < 1.29 is 14.3 Å². The van der Waals surface area contributed by atoms with Crippen LogP contribution in [0.3, 0.4) is 0 Å². The minimum absolute atomic E-state index is 0.0824. The fourth-order valence-electron chi connectivity index (χ4n) is 6.11. The molecule has 4 rings (SSSR count). The highest BCUT2D eigenvalue weighted by molar-refractivity contribution is 5.25. The van der Waals surface area contributed by atoms with Crippen LogP contribution in [-0.4, -0.2) is 22.4 Å². The van der Waals surface area contributed by atoms with Gasteiger partial charge in [0, 0.05) is 2.74 Å². The maximum atomic E-state index is 10.7. The number of hydrogen-bond donors (Lipinski definition) is 2. The van der Waals surface area contributed by atoms with Gasteiger partial charge in [0.25, 0.3) is 0 Å². The average molecular weight is 293 g/mol. The summed E-state index contributed by atoms with van der Waals surface area (Å²) in [6.45, 7) is 4.28. The second kappa shape index (κ2) is 4.58. The van der Waals surface area contributed by atoms with Gasteiger partial charge in [-0.1, -0.05) is 25.5 Å². The van der Waals surface area contributed by atoms with E-state index < -0.39 is 17.9 Å². The lowest BCUT2D eigenvalue weighted by Crippen LogP contribution is -2.51. The molecule has 0 aromatic carbocycles. The standard InChI is InChI=1S/C19H30O2/c1-18-9-7-13(20)11-12(18)3-4-14-15-5-6-17(21)19(15,2)10-8-16(14)18/h11,13-17,20-21H,3-10H2,1-2H3/t13-,14-,15-,16-,17+,18-,19-/m0/s1/i6D2,17D. The highest BCUT2D eigenvalue weighted by atomic mass is 16.3. The van der Waals surface area contributed by atoms with Crippen molar-refractivity contribution in [3.05, 3.63) is 11.6 Å². The number of aliphatic hydroxyl groups excluding tert-OH is 1. The van der Waals surface area contributed by atoms with E-state index in [1.165, 1.54) is 5.57 Å². The molecule has 0 spiro atoms. The maximum absolute atomic E-state index is 10.7. The predicted octanol–water partition coefficient (Wildman–Crippen LogP) is 3.67. The summed E-state index contributed by atoms with van der Waals surface area (Å²) in [5.41, 5.74) is 0.857. The summed E-state index contributed by atoms with van der Waals surface area (Å²) in [7, 11) is 0. The number of hydrogen-bond acceptors (Lipinski definition) is 2. The summed E-state index contributed by atoms with van der Waals surface area (Å²) in [5, 5.41) is 20.7. The van der Waals surface area contributed by atoms with Crippen LogP contribution in [0.15, 0.2) is 11.6 Å². The van der Waals surface area contributed by atoms with Crippen LogP contribution in [0.1, 0.15) is 69.3 Å². The van der Waals surface area contributed by atoms with E-state index in [2.05, 4.69) is 13.0 Å². The van der Waals surface area contributed by atoms with Gasteiger partial charge in [-0.3, -0.25) is 0 Å². The van der Waals surface area contributed by atoms with E-state index >= 15 is 0 Å². The Balaban J connectivity index is 1.72. The molecule has 3 fully saturated rings. The van der Waals surface area contributed by atoms with Crippen LogP contribution in [0.5, 0.6) is 0 Å². The minimum Gasteiger partial charge on any atom is -0.393 e. The Morgan fingerprint density at radius 3 is 2.76 bits per heavy atom. The van der Waals surface area contributed by atoms with E-state index in [1.54, 1.807) is 0 Å². The van der Waals surface area contributed by atoms with Crippen molar-refractivity contribution in [1.29, 1.82) is 0 Å². The normalized spacial score (nSPS) is 64.2. The molecule has 0 aromatic rings. The Morgan fingerprint density at radius 2 is 1.95 bits per heavy atom. The molecule has 0 unspecified atom stereocenters. The van der Waals surface area contributed by atoms with E-state index in [9.17, 15) is 10.2 Å². The van der Waals surface area contributed by atoms with Crippen LogP contribution in [0.4, 0.5) is 0 Å². The highest BCUT2D eigenvalue weighted by Gasteiger charge is 2.58. The maximum Gasteiger partial charge on any atom is 0.0724 e. The summed E-state index contributed by atoms with van der Waals surface area (Å²) in [4.78, 5) is 0. The van der Waals surface area contributed by atoms with Crippen molar-refractivity contribution in [3.8, 4) is 0 Å². The highest BCUT2D eigenvalue weighted by Crippen LogP contribution is 2.65. The third kappa shape index (κ3) is 1.84. The number of fused-ring (bicyclic) bond motifs is 5. The van der Waals surface area contributed by atoms with Gasteiger partial charge >= 0.3 is 0 Å². The first-order valence-corrected chi connectivity index (χ1v) is 8.65. The van der Waals surface area contributed by atoms with Crippen molar-refractivity contribution >= 4 is 0 Å². The van der Waals surface area contributed by atoms with Crippen LogP contribution in [0.25, 0.3) is 0 Å². The molecule has 21 heavy (non-hydrogen) atoms. The van der Waals surface area contributed by atoms with Crippen molar-refractivity contribution in [1.82, 2.24) is 0 Å². The zero-order valence-electron chi connectivity index (χ0n) is 16.2. The quantitative estimate of drug-likeness (QED) is 0.669. The third-order valence-corrected chi connectivity index (χ3v) is 7.51. The van der Waals surface area contributed by atoms with Crippen molar-refractivity contribution in [2.45, 2.75) is 77.4 Å². The summed E-state index contributed by atoms with van der Waals surface area (Å²) >= 11 is 0. The van der Waals surface area contributed by atoms with Gasteiger partial charge in [0.15, 0.2) is 0 Å². The van der Waals surface area contributed by atoms with Gasteiger partial charge in [0.1, 0.15) is 0 Å². The molecule has 0 saturated heterocycles. The Morgan fingerprint density at radius 1 is 1.14 bits per heavy atom. The summed E-state index contributed by atoms with van der Waals surface area (Å²) in [6, 6.07) is 0. The van der Waals surface area contributed by atoms with Crippen LogP contribution < -0.4 is 0 Å². The second-order valence-electron chi connectivity index (χ2n) is 8.32. The molecular formula is C19H30O2. The van der Waals surface area contributed by atoms with E-state index in [0.717, 1.165) is 38.5 Å². The second-order valence-corrected chi connectivity index (χ2v) is 8.32. The van der Waals surface area contributed by atoms with Gasteiger partial charge in [0.05, 0.1) is 13.6 Å². The monoisotopic (exact) mass is 293 g/mol. The SMILES string of the molecule is [2H]C1([2H])C[C@H]2[C@@H]3CCC4=C[C@@H](O)CC[C@]4(C)[C@H]3CC[C@]2(C)[C@]1([2H])O. The first-order chi connectivity index (χ1) is 11.0. The van der Waals surface area contributed by atoms with E-state index in [1.807, 2.05) is 6.92 Å². The zero-order chi connectivity index (χ0) is 17.5. The lowest BCUT2D eigenvalue weighted by Gasteiger charge is -2.58. The predicted molar refractivity (Wildman–Crippen MR) is 83.7 cm³/mol. The fourth-order valence-corrected chi connectivity index (χ4v) is 6.11. The Kier molecular flexibility index (Phi) is 2.45. The lowest BCUT2D eigenvalue weighted by molar-refractivity contribution is -0.0761. The van der Waals surface area contributed by atoms with Crippen LogP contribution in [0, 0.1) is 28.6 Å². The molecule has 2 heteroatoms. The molecule has 3 saturated carbocycles. The summed E-state index contributed by atoms with van der Waals surface area (Å²) in [6.07, 6.45) is 3.73. The molecule has 0 aromatic heterocycles. The molecule has 118 valence electrons. The molecule has 4 aliphatic rings. The summed E-state index contributed by atoms with van der Waals surface area (Å²) in [5.74, 6) is 0.961. The molecule has 4 aliphatic carbocycles. The number of rotatable bonds is 0. The van der Waals surface area contributed by atoms with E-state index in [0.29, 0.717) is 18.3 Å². The molecule has 0 radical (unpaired) electrons. The Labute approximate surface area is 132 Å². The van der Waals surface area contributed by atoms with Crippen molar-refractivity contribution in [2.24, 2.45) is 28.6 Å². The first kappa shape index (κ1) is 11.2. The van der Waals surface area contributed by atoms with Crippen molar-refractivity contribution in [2.75, 3.05) is 0 Å². The van der Waals surface area contributed by atoms with Gasteiger partial charge in [-0.25, -0.2) is 0 Å². The minimum atomic E-state index is -1.99. The summed E-state index contributed by atoms with van der Waals surface area (Å²) < 4.78 is 24.9. The molecule has 0 bridgehead atoms. The molecule has 2 nitrogen and oxygen atoms in total.